The van der Waals surface area contributed by atoms with Gasteiger partial charge in [-0.2, -0.15) is 0 Å². The zero-order chi connectivity index (χ0) is 24.6. The monoisotopic (exact) mass is 469 g/mol. The summed E-state index contributed by atoms with van der Waals surface area (Å²) in [6.07, 6.45) is 1.47. The first-order chi connectivity index (χ1) is 17.1. The third-order valence-corrected chi connectivity index (χ3v) is 5.99. The lowest BCUT2D eigenvalue weighted by molar-refractivity contribution is 0.0949. The van der Waals surface area contributed by atoms with Crippen LogP contribution in [0.25, 0.3) is 10.9 Å². The molecule has 3 aromatic carbocycles. The summed E-state index contributed by atoms with van der Waals surface area (Å²) in [5.74, 6) is 0.201. The van der Waals surface area contributed by atoms with Crippen LogP contribution in [0.1, 0.15) is 40.9 Å². The quantitative estimate of drug-likeness (QED) is 0.347. The fraction of sp³-hybridized carbons (Fsp3) is 0.241. The van der Waals surface area contributed by atoms with Crippen molar-refractivity contribution in [3.63, 3.8) is 0 Å². The largest absolute Gasteiger partial charge is 0.494 e. The normalized spacial score (nSPS) is 11.1. The molecule has 1 heterocycles. The van der Waals surface area contributed by atoms with Crippen LogP contribution in [0.15, 0.2) is 83.8 Å². The molecule has 0 spiro atoms. The molecule has 0 fully saturated rings. The van der Waals surface area contributed by atoms with Crippen molar-refractivity contribution in [3.05, 3.63) is 111 Å². The van der Waals surface area contributed by atoms with E-state index in [4.69, 9.17) is 4.74 Å². The molecule has 6 nitrogen and oxygen atoms in total. The standard InChI is InChI=1S/C29H31N3O3/c1-3-32(19-22-8-6-5-7-9-22)20-23-12-10-21(11-13-23)17-31-29(34)26-18-30-27-15-14-24(35-4-2)16-25(27)28(26)33/h5-16,18H,3-4,17,19-20H2,1-2H3,(H,30,33)(H,31,34). The van der Waals surface area contributed by atoms with Gasteiger partial charge in [-0.05, 0) is 48.4 Å². The summed E-state index contributed by atoms with van der Waals surface area (Å²) >= 11 is 0. The molecule has 2 N–H and O–H groups in total. The number of hydrogen-bond acceptors (Lipinski definition) is 4. The first-order valence-corrected chi connectivity index (χ1v) is 12.0. The van der Waals surface area contributed by atoms with Crippen LogP contribution in [0.2, 0.25) is 0 Å². The first-order valence-electron chi connectivity index (χ1n) is 12.0. The molecule has 6 heteroatoms. The molecule has 0 aliphatic heterocycles. The highest BCUT2D eigenvalue weighted by molar-refractivity contribution is 5.97. The van der Waals surface area contributed by atoms with Gasteiger partial charge in [0.15, 0.2) is 0 Å². The summed E-state index contributed by atoms with van der Waals surface area (Å²) in [6.45, 7) is 7.62. The van der Waals surface area contributed by atoms with Gasteiger partial charge in [-0.25, -0.2) is 0 Å². The molecule has 0 atom stereocenters. The Kier molecular flexibility index (Phi) is 7.95. The second-order valence-electron chi connectivity index (χ2n) is 8.46. The molecule has 4 rings (SSSR count). The van der Waals surface area contributed by atoms with E-state index in [0.29, 0.717) is 29.8 Å². The van der Waals surface area contributed by atoms with Crippen LogP contribution in [0.3, 0.4) is 0 Å². The maximum absolute atomic E-state index is 12.9. The second-order valence-corrected chi connectivity index (χ2v) is 8.46. The lowest BCUT2D eigenvalue weighted by atomic mass is 10.1. The predicted octanol–water partition coefficient (Wildman–Crippen LogP) is 4.88. The number of hydrogen-bond donors (Lipinski definition) is 2. The van der Waals surface area contributed by atoms with E-state index in [9.17, 15) is 9.59 Å². The number of nitrogens with zero attached hydrogens (tertiary/aromatic N) is 1. The molecule has 0 aliphatic rings. The molecule has 0 aliphatic carbocycles. The van der Waals surface area contributed by atoms with E-state index < -0.39 is 5.91 Å². The number of carbonyl (C=O) groups excluding carboxylic acids is 1. The Morgan fingerprint density at radius 1 is 0.914 bits per heavy atom. The Balaban J connectivity index is 1.38. The van der Waals surface area contributed by atoms with E-state index in [1.54, 1.807) is 18.2 Å². The van der Waals surface area contributed by atoms with Crippen LogP contribution in [0.5, 0.6) is 5.75 Å². The minimum atomic E-state index is -0.404. The molecule has 0 bridgehead atoms. The molecule has 0 unspecified atom stereocenters. The van der Waals surface area contributed by atoms with Crippen molar-refractivity contribution >= 4 is 16.8 Å². The minimum Gasteiger partial charge on any atom is -0.494 e. The van der Waals surface area contributed by atoms with Crippen LogP contribution in [-0.4, -0.2) is 28.9 Å². The number of rotatable bonds is 10. The molecule has 0 radical (unpaired) electrons. The SMILES string of the molecule is CCOc1ccc2[nH]cc(C(=O)NCc3ccc(CN(CC)Cc4ccccc4)cc3)c(=O)c2c1. The molecule has 0 saturated heterocycles. The zero-order valence-electron chi connectivity index (χ0n) is 20.2. The summed E-state index contributed by atoms with van der Waals surface area (Å²) in [4.78, 5) is 31.1. The van der Waals surface area contributed by atoms with Gasteiger partial charge in [-0.1, -0.05) is 61.5 Å². The number of H-pyrrole nitrogens is 1. The third-order valence-electron chi connectivity index (χ3n) is 5.99. The highest BCUT2D eigenvalue weighted by Crippen LogP contribution is 2.17. The van der Waals surface area contributed by atoms with Gasteiger partial charge in [-0.3, -0.25) is 14.5 Å². The van der Waals surface area contributed by atoms with Gasteiger partial charge in [0.1, 0.15) is 11.3 Å². The Morgan fingerprint density at radius 2 is 1.60 bits per heavy atom. The smallest absolute Gasteiger partial charge is 0.257 e. The van der Waals surface area contributed by atoms with Crippen LogP contribution >= 0.6 is 0 Å². The van der Waals surface area contributed by atoms with Crippen molar-refractivity contribution in [3.8, 4) is 5.75 Å². The second kappa shape index (κ2) is 11.5. The third kappa shape index (κ3) is 6.16. The predicted molar refractivity (Wildman–Crippen MR) is 140 cm³/mol. The van der Waals surface area contributed by atoms with Crippen LogP contribution in [-0.2, 0) is 19.6 Å². The molecule has 1 aromatic heterocycles. The fourth-order valence-corrected chi connectivity index (χ4v) is 4.04. The summed E-state index contributed by atoms with van der Waals surface area (Å²) < 4.78 is 5.49. The number of carbonyl (C=O) groups is 1. The zero-order valence-corrected chi connectivity index (χ0v) is 20.2. The average molecular weight is 470 g/mol. The summed E-state index contributed by atoms with van der Waals surface area (Å²) in [6, 6.07) is 23.9. The van der Waals surface area contributed by atoms with Crippen molar-refractivity contribution in [2.45, 2.75) is 33.5 Å². The van der Waals surface area contributed by atoms with Gasteiger partial charge in [0.05, 0.1) is 6.61 Å². The number of ether oxygens (including phenoxy) is 1. The Bertz CT molecular complexity index is 1330. The number of nitrogens with one attached hydrogen (secondary N) is 2. The van der Waals surface area contributed by atoms with Gasteiger partial charge >= 0.3 is 0 Å². The highest BCUT2D eigenvalue weighted by atomic mass is 16.5. The molecular weight excluding hydrogens is 438 g/mol. The number of pyridine rings is 1. The van der Waals surface area contributed by atoms with Crippen molar-refractivity contribution in [1.29, 1.82) is 0 Å². The summed E-state index contributed by atoms with van der Waals surface area (Å²) in [5, 5.41) is 3.30. The number of benzene rings is 3. The topological polar surface area (TPSA) is 74.4 Å². The molecule has 35 heavy (non-hydrogen) atoms. The lowest BCUT2D eigenvalue weighted by Crippen LogP contribution is -2.28. The lowest BCUT2D eigenvalue weighted by Gasteiger charge is -2.20. The van der Waals surface area contributed by atoms with Gasteiger partial charge in [-0.15, -0.1) is 0 Å². The van der Waals surface area contributed by atoms with Crippen molar-refractivity contribution in [2.75, 3.05) is 13.2 Å². The Hall–Kier alpha value is -3.90. The van der Waals surface area contributed by atoms with Crippen LogP contribution in [0.4, 0.5) is 0 Å². The van der Waals surface area contributed by atoms with E-state index >= 15 is 0 Å². The Morgan fingerprint density at radius 3 is 2.29 bits per heavy atom. The maximum Gasteiger partial charge on any atom is 0.257 e. The van der Waals surface area contributed by atoms with Gasteiger partial charge in [0, 0.05) is 36.7 Å². The van der Waals surface area contributed by atoms with E-state index in [1.807, 2.05) is 25.1 Å². The minimum absolute atomic E-state index is 0.0854. The van der Waals surface area contributed by atoms with Crippen molar-refractivity contribution < 1.29 is 9.53 Å². The van der Waals surface area contributed by atoms with E-state index in [-0.39, 0.29) is 11.0 Å². The molecule has 180 valence electrons. The van der Waals surface area contributed by atoms with Gasteiger partial charge in [0.25, 0.3) is 5.91 Å². The van der Waals surface area contributed by atoms with Crippen molar-refractivity contribution in [1.82, 2.24) is 15.2 Å². The van der Waals surface area contributed by atoms with Crippen LogP contribution in [0, 0.1) is 0 Å². The van der Waals surface area contributed by atoms with Gasteiger partial charge in [0.2, 0.25) is 5.43 Å². The van der Waals surface area contributed by atoms with E-state index in [2.05, 4.69) is 58.5 Å². The number of aromatic amines is 1. The molecule has 0 saturated carbocycles. The number of fused-ring (bicyclic) bond motifs is 1. The van der Waals surface area contributed by atoms with E-state index in [0.717, 1.165) is 25.2 Å². The van der Waals surface area contributed by atoms with Crippen molar-refractivity contribution in [2.24, 2.45) is 0 Å². The summed E-state index contributed by atoms with van der Waals surface area (Å²) in [7, 11) is 0. The average Bonchev–Trinajstić information content (AvgIpc) is 2.89. The highest BCUT2D eigenvalue weighted by Gasteiger charge is 2.14. The number of amides is 1. The molecular formula is C29H31N3O3. The Labute approximate surface area is 205 Å². The molecule has 4 aromatic rings. The fourth-order valence-electron chi connectivity index (χ4n) is 4.04. The first kappa shape index (κ1) is 24.2. The molecule has 1 amide bonds. The van der Waals surface area contributed by atoms with Gasteiger partial charge < -0.3 is 15.0 Å². The summed E-state index contributed by atoms with van der Waals surface area (Å²) in [5.41, 5.74) is 3.93. The number of aromatic nitrogens is 1. The van der Waals surface area contributed by atoms with Crippen LogP contribution < -0.4 is 15.5 Å². The maximum atomic E-state index is 12.9. The van der Waals surface area contributed by atoms with E-state index in [1.165, 1.54) is 17.3 Å².